The maximum Gasteiger partial charge on any atom is 0.243 e. The zero-order valence-electron chi connectivity index (χ0n) is 23.0. The Morgan fingerprint density at radius 2 is 1.61 bits per heavy atom. The number of hydrogen-bond donors (Lipinski definition) is 1. The van der Waals surface area contributed by atoms with Crippen LogP contribution in [0.1, 0.15) is 43.2 Å². The highest BCUT2D eigenvalue weighted by atomic mass is 79.9. The summed E-state index contributed by atoms with van der Waals surface area (Å²) in [5.41, 5.74) is 1.73. The van der Waals surface area contributed by atoms with Crippen molar-refractivity contribution in [2.75, 3.05) is 13.6 Å². The van der Waals surface area contributed by atoms with E-state index < -0.39 is 28.5 Å². The number of halogens is 2. The van der Waals surface area contributed by atoms with Crippen LogP contribution in [0.4, 0.5) is 0 Å². The number of rotatable bonds is 11. The van der Waals surface area contributed by atoms with Crippen molar-refractivity contribution in [3.63, 3.8) is 0 Å². The van der Waals surface area contributed by atoms with Crippen LogP contribution in [0.3, 0.4) is 0 Å². The second-order valence-electron chi connectivity index (χ2n) is 10.4. The fraction of sp³-hybridized carbons (Fsp3) is 0.355. The van der Waals surface area contributed by atoms with Crippen LogP contribution in [-0.2, 0) is 32.6 Å². The molecular formula is C31H35BrClN3O4S. The first-order valence-electron chi connectivity index (χ1n) is 13.7. The molecule has 1 N–H and O–H groups in total. The largest absolute Gasteiger partial charge is 0.352 e. The molecule has 218 valence electrons. The Morgan fingerprint density at radius 3 is 2.27 bits per heavy atom. The molecule has 3 aromatic carbocycles. The number of hydrogen-bond acceptors (Lipinski definition) is 4. The number of carbonyl (C=O) groups is 2. The third kappa shape index (κ3) is 8.64. The Bertz CT molecular complexity index is 1430. The maximum atomic E-state index is 14.0. The summed E-state index contributed by atoms with van der Waals surface area (Å²) in [5, 5.41) is 3.61. The molecule has 4 rings (SSSR count). The summed E-state index contributed by atoms with van der Waals surface area (Å²) in [6, 6.07) is 22.1. The first-order chi connectivity index (χ1) is 19.6. The lowest BCUT2D eigenvalue weighted by molar-refractivity contribution is -0.141. The third-order valence-corrected chi connectivity index (χ3v) is 9.91. The highest BCUT2D eigenvalue weighted by Gasteiger charge is 2.34. The van der Waals surface area contributed by atoms with Gasteiger partial charge < -0.3 is 10.2 Å². The van der Waals surface area contributed by atoms with Crippen molar-refractivity contribution >= 4 is 49.4 Å². The van der Waals surface area contributed by atoms with Gasteiger partial charge in [0.1, 0.15) is 6.04 Å². The highest BCUT2D eigenvalue weighted by Crippen LogP contribution is 2.22. The standard InChI is InChI=1S/C31H35BrClN3O4S/c1-35(41(39,40)28-17-15-26(33)16-18-28)22-30(37)36(21-24-11-8-12-25(32)19-24)29(20-23-9-4-2-5-10-23)31(38)34-27-13-6-3-7-14-27/h2,4-5,8-12,15-19,27,29H,3,6-7,13-14,20-22H2,1H3,(H,34,38)/t29-/m1/s1. The van der Waals surface area contributed by atoms with Crippen LogP contribution in [0.5, 0.6) is 0 Å². The molecule has 41 heavy (non-hydrogen) atoms. The van der Waals surface area contributed by atoms with Gasteiger partial charge in [-0.3, -0.25) is 9.59 Å². The number of benzene rings is 3. The van der Waals surface area contributed by atoms with Gasteiger partial charge in [-0.1, -0.05) is 89.3 Å². The van der Waals surface area contributed by atoms with E-state index in [9.17, 15) is 18.0 Å². The third-order valence-electron chi connectivity index (χ3n) is 7.34. The fourth-order valence-corrected chi connectivity index (χ4v) is 6.78. The molecule has 0 unspecified atom stereocenters. The van der Waals surface area contributed by atoms with Gasteiger partial charge in [0.05, 0.1) is 11.4 Å². The van der Waals surface area contributed by atoms with Crippen molar-refractivity contribution in [2.45, 2.75) is 62.0 Å². The van der Waals surface area contributed by atoms with Crippen molar-refractivity contribution in [3.8, 4) is 0 Å². The minimum Gasteiger partial charge on any atom is -0.352 e. The van der Waals surface area contributed by atoms with Crippen LogP contribution in [0.25, 0.3) is 0 Å². The molecule has 0 aliphatic heterocycles. The van der Waals surface area contributed by atoms with E-state index in [0.29, 0.717) is 11.4 Å². The topological polar surface area (TPSA) is 86.8 Å². The number of nitrogens with one attached hydrogen (secondary N) is 1. The Balaban J connectivity index is 1.66. The number of amides is 2. The summed E-state index contributed by atoms with van der Waals surface area (Å²) in [4.78, 5) is 29.5. The van der Waals surface area contributed by atoms with Crippen molar-refractivity contribution in [1.82, 2.24) is 14.5 Å². The molecule has 10 heteroatoms. The Kier molecular flexibility index (Phi) is 11.0. The Labute approximate surface area is 256 Å². The predicted octanol–water partition coefficient (Wildman–Crippen LogP) is 5.81. The highest BCUT2D eigenvalue weighted by molar-refractivity contribution is 9.10. The first kappa shape index (κ1) is 31.2. The maximum absolute atomic E-state index is 14.0. The van der Waals surface area contributed by atoms with E-state index in [4.69, 9.17) is 11.6 Å². The molecule has 1 atom stereocenters. The predicted molar refractivity (Wildman–Crippen MR) is 165 cm³/mol. The summed E-state index contributed by atoms with van der Waals surface area (Å²) in [5.74, 6) is -0.697. The van der Waals surface area contributed by atoms with Gasteiger partial charge in [0.25, 0.3) is 0 Å². The van der Waals surface area contributed by atoms with Crippen LogP contribution in [0, 0.1) is 0 Å². The molecule has 1 aliphatic carbocycles. The summed E-state index contributed by atoms with van der Waals surface area (Å²) < 4.78 is 28.4. The SMILES string of the molecule is CN(CC(=O)N(Cc1cccc(Br)c1)[C@H](Cc1ccccc1)C(=O)NC1CCCCC1)S(=O)(=O)c1ccc(Cl)cc1. The van der Waals surface area contributed by atoms with Crippen LogP contribution in [0.15, 0.2) is 88.2 Å². The number of carbonyl (C=O) groups excluding carboxylic acids is 2. The van der Waals surface area contributed by atoms with Crippen molar-refractivity contribution in [3.05, 3.63) is 99.5 Å². The van der Waals surface area contributed by atoms with Crippen LogP contribution in [0.2, 0.25) is 5.02 Å². The molecule has 0 radical (unpaired) electrons. The van der Waals surface area contributed by atoms with Crippen LogP contribution in [-0.4, -0.2) is 55.1 Å². The molecule has 7 nitrogen and oxygen atoms in total. The van der Waals surface area contributed by atoms with E-state index >= 15 is 0 Å². The fourth-order valence-electron chi connectivity index (χ4n) is 5.08. The van der Waals surface area contributed by atoms with Crippen molar-refractivity contribution < 1.29 is 18.0 Å². The van der Waals surface area contributed by atoms with E-state index in [0.717, 1.165) is 52.0 Å². The molecule has 1 fully saturated rings. The normalized spacial score (nSPS) is 14.9. The van der Waals surface area contributed by atoms with E-state index in [1.165, 1.54) is 36.2 Å². The number of likely N-dealkylation sites (N-methyl/N-ethyl adjacent to an activating group) is 1. The molecule has 0 heterocycles. The molecule has 1 saturated carbocycles. The van der Waals surface area contributed by atoms with Gasteiger partial charge >= 0.3 is 0 Å². The minimum atomic E-state index is -3.97. The molecule has 0 bridgehead atoms. The average molecular weight is 661 g/mol. The zero-order valence-corrected chi connectivity index (χ0v) is 26.2. The lowest BCUT2D eigenvalue weighted by Crippen LogP contribution is -2.54. The second-order valence-corrected chi connectivity index (χ2v) is 13.8. The summed E-state index contributed by atoms with van der Waals surface area (Å²) in [6.45, 7) is -0.288. The van der Waals surface area contributed by atoms with Crippen molar-refractivity contribution in [2.24, 2.45) is 0 Å². The van der Waals surface area contributed by atoms with Crippen molar-refractivity contribution in [1.29, 1.82) is 0 Å². The number of sulfonamides is 1. The molecule has 0 aromatic heterocycles. The van der Waals surface area contributed by atoms with Crippen LogP contribution >= 0.6 is 27.5 Å². The van der Waals surface area contributed by atoms with Gasteiger partial charge in [0, 0.05) is 35.6 Å². The van der Waals surface area contributed by atoms with E-state index in [1.807, 2.05) is 54.6 Å². The van der Waals surface area contributed by atoms with E-state index in [1.54, 1.807) is 0 Å². The van der Waals surface area contributed by atoms with Gasteiger partial charge in [-0.25, -0.2) is 8.42 Å². The summed E-state index contributed by atoms with van der Waals surface area (Å²) in [6.07, 6.45) is 5.39. The average Bonchev–Trinajstić information content (AvgIpc) is 2.96. The van der Waals surface area contributed by atoms with Gasteiger partial charge in [-0.15, -0.1) is 0 Å². The molecule has 1 aliphatic rings. The Morgan fingerprint density at radius 1 is 0.951 bits per heavy atom. The second kappa shape index (κ2) is 14.4. The molecule has 0 spiro atoms. The smallest absolute Gasteiger partial charge is 0.243 e. The lowest BCUT2D eigenvalue weighted by Gasteiger charge is -2.34. The first-order valence-corrected chi connectivity index (χ1v) is 16.3. The van der Waals surface area contributed by atoms with Gasteiger partial charge in [0.15, 0.2) is 0 Å². The molecular weight excluding hydrogens is 626 g/mol. The van der Waals surface area contributed by atoms with Gasteiger partial charge in [-0.05, 0) is 60.4 Å². The summed E-state index contributed by atoms with van der Waals surface area (Å²) in [7, 11) is -2.60. The lowest BCUT2D eigenvalue weighted by atomic mass is 9.94. The summed E-state index contributed by atoms with van der Waals surface area (Å²) >= 11 is 9.44. The van der Waals surface area contributed by atoms with Gasteiger partial charge in [0.2, 0.25) is 21.8 Å². The van der Waals surface area contributed by atoms with Crippen LogP contribution < -0.4 is 5.32 Å². The monoisotopic (exact) mass is 659 g/mol. The molecule has 0 saturated heterocycles. The quantitative estimate of drug-likeness (QED) is 0.281. The number of nitrogens with zero attached hydrogens (tertiary/aromatic N) is 2. The molecule has 2 amide bonds. The van der Waals surface area contributed by atoms with E-state index in [-0.39, 0.29) is 23.4 Å². The minimum absolute atomic E-state index is 0.0339. The Hall–Kier alpha value is -2.72. The molecule has 3 aromatic rings. The van der Waals surface area contributed by atoms with Gasteiger partial charge in [-0.2, -0.15) is 4.31 Å². The van der Waals surface area contributed by atoms with E-state index in [2.05, 4.69) is 21.2 Å². The zero-order chi connectivity index (χ0) is 29.4.